The average Bonchev–Trinajstić information content (AvgIpc) is 2.60. The Labute approximate surface area is 145 Å². The molecule has 4 nitrogen and oxygen atoms in total. The fourth-order valence-electron chi connectivity index (χ4n) is 2.27. The summed E-state index contributed by atoms with van der Waals surface area (Å²) >= 11 is 5.80. The summed E-state index contributed by atoms with van der Waals surface area (Å²) in [6, 6.07) is 14.7. The molecular formula is C19H17ClO4. The Balaban J connectivity index is 2.23. The number of halogens is 1. The number of rotatable bonds is 7. The maximum absolute atomic E-state index is 12.6. The summed E-state index contributed by atoms with van der Waals surface area (Å²) in [5.74, 6) is -2.57. The van der Waals surface area contributed by atoms with Crippen molar-refractivity contribution in [2.45, 2.75) is 13.3 Å². The molecule has 2 aromatic carbocycles. The summed E-state index contributed by atoms with van der Waals surface area (Å²) in [7, 11) is 0. The number of ether oxygens (including phenoxy) is 1. The molecule has 0 bridgehead atoms. The summed E-state index contributed by atoms with van der Waals surface area (Å²) < 4.78 is 4.97. The molecule has 0 aliphatic heterocycles. The minimum Gasteiger partial charge on any atom is -0.465 e. The Morgan fingerprint density at radius 1 is 0.958 bits per heavy atom. The van der Waals surface area contributed by atoms with Crippen molar-refractivity contribution in [2.24, 2.45) is 5.92 Å². The van der Waals surface area contributed by atoms with Gasteiger partial charge < -0.3 is 4.74 Å². The van der Waals surface area contributed by atoms with Crippen LogP contribution in [0.1, 0.15) is 34.1 Å². The molecule has 0 saturated carbocycles. The van der Waals surface area contributed by atoms with E-state index in [9.17, 15) is 14.4 Å². The van der Waals surface area contributed by atoms with Crippen LogP contribution in [-0.2, 0) is 9.53 Å². The van der Waals surface area contributed by atoms with E-state index in [2.05, 4.69) is 0 Å². The molecule has 0 spiro atoms. The van der Waals surface area contributed by atoms with Gasteiger partial charge in [-0.05, 0) is 31.2 Å². The summed E-state index contributed by atoms with van der Waals surface area (Å²) in [4.78, 5) is 37.2. The lowest BCUT2D eigenvalue weighted by atomic mass is 9.91. The normalized spacial score (nSPS) is 11.6. The molecule has 0 aromatic heterocycles. The van der Waals surface area contributed by atoms with Crippen LogP contribution in [0.25, 0.3) is 0 Å². The third-order valence-corrected chi connectivity index (χ3v) is 3.75. The van der Waals surface area contributed by atoms with Gasteiger partial charge in [0.2, 0.25) is 0 Å². The number of carbonyl (C=O) groups is 3. The van der Waals surface area contributed by atoms with Gasteiger partial charge >= 0.3 is 5.97 Å². The molecule has 0 amide bonds. The number of Topliss-reactive ketones (excluding diaryl/α,β-unsaturated/α-hetero) is 2. The van der Waals surface area contributed by atoms with Crippen molar-refractivity contribution in [3.05, 3.63) is 70.7 Å². The predicted octanol–water partition coefficient (Wildman–Crippen LogP) is 3.98. The quantitative estimate of drug-likeness (QED) is 0.433. The van der Waals surface area contributed by atoms with Crippen LogP contribution in [-0.4, -0.2) is 24.1 Å². The molecule has 0 aliphatic carbocycles. The number of esters is 1. The van der Waals surface area contributed by atoms with E-state index in [0.717, 1.165) is 0 Å². The summed E-state index contributed by atoms with van der Waals surface area (Å²) in [6.07, 6.45) is -0.242. The van der Waals surface area contributed by atoms with Gasteiger partial charge in [0.1, 0.15) is 5.92 Å². The molecule has 5 heteroatoms. The molecule has 0 radical (unpaired) electrons. The van der Waals surface area contributed by atoms with Gasteiger partial charge in [0.25, 0.3) is 0 Å². The third-order valence-electron chi connectivity index (χ3n) is 3.50. The van der Waals surface area contributed by atoms with Crippen LogP contribution < -0.4 is 0 Å². The smallest absolute Gasteiger partial charge is 0.317 e. The van der Waals surface area contributed by atoms with E-state index in [1.165, 1.54) is 0 Å². The number of carbonyl (C=O) groups excluding carboxylic acids is 3. The molecule has 2 rings (SSSR count). The molecule has 0 fully saturated rings. The van der Waals surface area contributed by atoms with Gasteiger partial charge in [-0.3, -0.25) is 14.4 Å². The van der Waals surface area contributed by atoms with Gasteiger partial charge in [-0.15, -0.1) is 0 Å². The van der Waals surface area contributed by atoms with E-state index in [1.54, 1.807) is 61.5 Å². The van der Waals surface area contributed by atoms with Crippen LogP contribution in [0.15, 0.2) is 54.6 Å². The molecule has 0 unspecified atom stereocenters. The lowest BCUT2D eigenvalue weighted by molar-refractivity contribution is -0.146. The molecule has 124 valence electrons. The first-order valence-corrected chi connectivity index (χ1v) is 7.95. The second-order valence-corrected chi connectivity index (χ2v) is 5.61. The zero-order valence-electron chi connectivity index (χ0n) is 13.2. The van der Waals surface area contributed by atoms with Gasteiger partial charge in [-0.25, -0.2) is 0 Å². The predicted molar refractivity (Wildman–Crippen MR) is 91.3 cm³/mol. The van der Waals surface area contributed by atoms with Crippen LogP contribution in [0.5, 0.6) is 0 Å². The SMILES string of the molecule is CCOC(=O)[C@@H](CC(=O)c1ccc(Cl)cc1)C(=O)c1ccccc1. The van der Waals surface area contributed by atoms with Gasteiger partial charge in [-0.2, -0.15) is 0 Å². The van der Waals surface area contributed by atoms with E-state index in [1.807, 2.05) is 0 Å². The van der Waals surface area contributed by atoms with Crippen molar-refractivity contribution in [3.8, 4) is 0 Å². The molecule has 2 aromatic rings. The maximum Gasteiger partial charge on any atom is 0.317 e. The fraction of sp³-hybridized carbons (Fsp3) is 0.211. The van der Waals surface area contributed by atoms with E-state index in [4.69, 9.17) is 16.3 Å². The number of hydrogen-bond donors (Lipinski definition) is 0. The van der Waals surface area contributed by atoms with Crippen LogP contribution in [0, 0.1) is 5.92 Å². The summed E-state index contributed by atoms with van der Waals surface area (Å²) in [5, 5.41) is 0.508. The van der Waals surface area contributed by atoms with Crippen molar-refractivity contribution < 1.29 is 19.1 Å². The van der Waals surface area contributed by atoms with E-state index < -0.39 is 17.7 Å². The zero-order chi connectivity index (χ0) is 17.5. The lowest BCUT2D eigenvalue weighted by Gasteiger charge is -2.14. The Morgan fingerprint density at radius 3 is 2.17 bits per heavy atom. The number of ketones is 2. The standard InChI is InChI=1S/C19H17ClO4/c1-2-24-19(23)16(18(22)14-6-4-3-5-7-14)12-17(21)13-8-10-15(20)11-9-13/h3-11,16H,2,12H2,1H3/t16-/m0/s1. The van der Waals surface area contributed by atoms with E-state index in [-0.39, 0.29) is 18.8 Å². The highest BCUT2D eigenvalue weighted by Crippen LogP contribution is 2.19. The monoisotopic (exact) mass is 344 g/mol. The van der Waals surface area contributed by atoms with Gasteiger partial charge in [0, 0.05) is 22.6 Å². The number of hydrogen-bond acceptors (Lipinski definition) is 4. The Kier molecular flexibility index (Phi) is 6.27. The molecular weight excluding hydrogens is 328 g/mol. The highest BCUT2D eigenvalue weighted by molar-refractivity contribution is 6.30. The van der Waals surface area contributed by atoms with Crippen molar-refractivity contribution >= 4 is 29.1 Å². The van der Waals surface area contributed by atoms with Crippen molar-refractivity contribution in [3.63, 3.8) is 0 Å². The van der Waals surface area contributed by atoms with Crippen LogP contribution in [0.4, 0.5) is 0 Å². The van der Waals surface area contributed by atoms with Gasteiger partial charge in [-0.1, -0.05) is 41.9 Å². The van der Waals surface area contributed by atoms with E-state index >= 15 is 0 Å². The highest BCUT2D eigenvalue weighted by atomic mass is 35.5. The summed E-state index contributed by atoms with van der Waals surface area (Å²) in [6.45, 7) is 1.80. The maximum atomic E-state index is 12.6. The number of benzene rings is 2. The molecule has 0 heterocycles. The Hall–Kier alpha value is -2.46. The van der Waals surface area contributed by atoms with E-state index in [0.29, 0.717) is 16.1 Å². The van der Waals surface area contributed by atoms with Gasteiger partial charge in [0.05, 0.1) is 6.61 Å². The minimum absolute atomic E-state index is 0.145. The van der Waals surface area contributed by atoms with Gasteiger partial charge in [0.15, 0.2) is 11.6 Å². The Morgan fingerprint density at radius 2 is 1.58 bits per heavy atom. The fourth-order valence-corrected chi connectivity index (χ4v) is 2.39. The Bertz CT molecular complexity index is 723. The lowest BCUT2D eigenvalue weighted by Crippen LogP contribution is -2.29. The van der Waals surface area contributed by atoms with Crippen LogP contribution in [0.3, 0.4) is 0 Å². The molecule has 0 saturated heterocycles. The first-order chi connectivity index (χ1) is 11.5. The van der Waals surface area contributed by atoms with Crippen molar-refractivity contribution in [1.29, 1.82) is 0 Å². The second-order valence-electron chi connectivity index (χ2n) is 5.17. The van der Waals surface area contributed by atoms with Crippen LogP contribution >= 0.6 is 11.6 Å². The van der Waals surface area contributed by atoms with Crippen molar-refractivity contribution in [2.75, 3.05) is 6.61 Å². The topological polar surface area (TPSA) is 60.4 Å². The first-order valence-electron chi connectivity index (χ1n) is 7.57. The molecule has 1 atom stereocenters. The van der Waals surface area contributed by atoms with Crippen LogP contribution in [0.2, 0.25) is 5.02 Å². The average molecular weight is 345 g/mol. The van der Waals surface area contributed by atoms with Crippen molar-refractivity contribution in [1.82, 2.24) is 0 Å². The summed E-state index contributed by atoms with van der Waals surface area (Å²) in [5.41, 5.74) is 0.772. The molecule has 0 N–H and O–H groups in total. The zero-order valence-corrected chi connectivity index (χ0v) is 14.0. The largest absolute Gasteiger partial charge is 0.465 e. The second kappa shape index (κ2) is 8.41. The highest BCUT2D eigenvalue weighted by Gasteiger charge is 2.31. The minimum atomic E-state index is -1.16. The first kappa shape index (κ1) is 17.9. The molecule has 0 aliphatic rings. The molecule has 24 heavy (non-hydrogen) atoms. The third kappa shape index (κ3) is 4.52.